The van der Waals surface area contributed by atoms with Crippen LogP contribution >= 0.6 is 0 Å². The van der Waals surface area contributed by atoms with Crippen LogP contribution in [0.3, 0.4) is 0 Å². The van der Waals surface area contributed by atoms with E-state index in [9.17, 15) is 35.1 Å². The van der Waals surface area contributed by atoms with Crippen LogP contribution in [0.1, 0.15) is 37.8 Å². The normalized spacial score (nSPS) is 18.7. The predicted molar refractivity (Wildman–Crippen MR) is 81.7 cm³/mol. The molecule has 0 radical (unpaired) electrons. The molecule has 150 valence electrons. The molecule has 9 heteroatoms. The number of benzene rings is 1. The molecule has 2 rings (SSSR count). The second kappa shape index (κ2) is 7.16. The van der Waals surface area contributed by atoms with Crippen LogP contribution in [-0.2, 0) is 17.3 Å². The van der Waals surface area contributed by atoms with Gasteiger partial charge in [0.1, 0.15) is 5.56 Å². The van der Waals surface area contributed by atoms with E-state index in [0.29, 0.717) is 18.6 Å². The molecule has 27 heavy (non-hydrogen) atoms. The molecule has 0 amide bonds. The highest BCUT2D eigenvalue weighted by Crippen LogP contribution is 2.50. The molecule has 0 unspecified atom stereocenters. The number of halogens is 8. The summed E-state index contributed by atoms with van der Waals surface area (Å²) in [5.74, 6) is -15.4. The van der Waals surface area contributed by atoms with Crippen molar-refractivity contribution in [3.8, 4) is 0 Å². The average molecular weight is 400 g/mol. The Hall–Kier alpha value is -2.06. The standard InChI is InChI=1S/C18H16F8O/c1-3-5-10-6-8-12(15(20)14(10)19)18(25,26)27-13-9-7-11(4-2)16(21,22)17(13,23)24/h6-9H,3-5H2,1-2H3. The molecule has 0 saturated heterocycles. The van der Waals surface area contributed by atoms with Crippen LogP contribution in [0.2, 0.25) is 0 Å². The molecule has 0 aromatic heterocycles. The minimum Gasteiger partial charge on any atom is -0.427 e. The lowest BCUT2D eigenvalue weighted by atomic mass is 9.93. The van der Waals surface area contributed by atoms with Crippen LogP contribution < -0.4 is 0 Å². The Morgan fingerprint density at radius 1 is 0.926 bits per heavy atom. The molecule has 0 N–H and O–H groups in total. The Kier molecular flexibility index (Phi) is 5.64. The Morgan fingerprint density at radius 3 is 2.11 bits per heavy atom. The van der Waals surface area contributed by atoms with E-state index in [1.165, 1.54) is 6.92 Å². The van der Waals surface area contributed by atoms with Gasteiger partial charge in [-0.15, -0.1) is 0 Å². The maximum Gasteiger partial charge on any atom is 0.429 e. The molecule has 0 heterocycles. The van der Waals surface area contributed by atoms with Crippen molar-refractivity contribution < 1.29 is 39.9 Å². The molecule has 0 atom stereocenters. The third kappa shape index (κ3) is 3.55. The zero-order chi connectivity index (χ0) is 20.6. The van der Waals surface area contributed by atoms with Gasteiger partial charge in [-0.05, 0) is 30.5 Å². The van der Waals surface area contributed by atoms with Crippen LogP contribution in [-0.4, -0.2) is 11.8 Å². The SMILES string of the molecule is CCCc1ccc(C(F)(F)OC2=CC=C(CC)C(F)(F)C2(F)F)c(F)c1F. The number of allylic oxidation sites excluding steroid dienone is 4. The molecule has 1 aliphatic rings. The number of hydrogen-bond donors (Lipinski definition) is 0. The zero-order valence-electron chi connectivity index (χ0n) is 14.4. The van der Waals surface area contributed by atoms with Gasteiger partial charge in [0.2, 0.25) is 0 Å². The number of ether oxygens (including phenoxy) is 1. The van der Waals surface area contributed by atoms with Crippen molar-refractivity contribution >= 4 is 0 Å². The zero-order valence-corrected chi connectivity index (χ0v) is 14.4. The molecule has 0 bridgehead atoms. The molecule has 0 spiro atoms. The van der Waals surface area contributed by atoms with Crippen molar-refractivity contribution in [3.63, 3.8) is 0 Å². The maximum atomic E-state index is 14.2. The molecule has 1 aromatic rings. The van der Waals surface area contributed by atoms with E-state index in [1.807, 2.05) is 0 Å². The van der Waals surface area contributed by atoms with Crippen molar-refractivity contribution in [2.24, 2.45) is 0 Å². The van der Waals surface area contributed by atoms with E-state index in [2.05, 4.69) is 4.74 Å². The Morgan fingerprint density at radius 2 is 1.56 bits per heavy atom. The molecule has 1 aliphatic carbocycles. The molecule has 0 saturated carbocycles. The Balaban J connectivity index is 2.43. The summed E-state index contributed by atoms with van der Waals surface area (Å²) in [6.45, 7) is 2.85. The minimum atomic E-state index is -5.08. The number of aryl methyl sites for hydroxylation is 1. The molecule has 0 aliphatic heterocycles. The highest BCUT2D eigenvalue weighted by Gasteiger charge is 2.64. The second-order valence-electron chi connectivity index (χ2n) is 5.99. The summed E-state index contributed by atoms with van der Waals surface area (Å²) < 4.78 is 116. The van der Waals surface area contributed by atoms with Gasteiger partial charge in [0.15, 0.2) is 17.4 Å². The topological polar surface area (TPSA) is 9.23 Å². The first-order valence-corrected chi connectivity index (χ1v) is 8.11. The number of rotatable bonds is 6. The summed E-state index contributed by atoms with van der Waals surface area (Å²) in [4.78, 5) is 0. The smallest absolute Gasteiger partial charge is 0.427 e. The maximum absolute atomic E-state index is 14.2. The van der Waals surface area contributed by atoms with Gasteiger partial charge in [-0.2, -0.15) is 26.3 Å². The summed E-state index contributed by atoms with van der Waals surface area (Å²) >= 11 is 0. The van der Waals surface area contributed by atoms with Gasteiger partial charge in [-0.1, -0.05) is 32.4 Å². The van der Waals surface area contributed by atoms with Crippen LogP contribution in [0.4, 0.5) is 35.1 Å². The first-order chi connectivity index (χ1) is 12.4. The van der Waals surface area contributed by atoms with Crippen LogP contribution in [0.5, 0.6) is 0 Å². The van der Waals surface area contributed by atoms with Crippen LogP contribution in [0.25, 0.3) is 0 Å². The summed E-state index contributed by atoms with van der Waals surface area (Å²) in [7, 11) is 0. The van der Waals surface area contributed by atoms with E-state index in [4.69, 9.17) is 0 Å². The molecule has 0 fully saturated rings. The van der Waals surface area contributed by atoms with Crippen molar-refractivity contribution in [3.05, 3.63) is 58.4 Å². The van der Waals surface area contributed by atoms with Gasteiger partial charge in [0.05, 0.1) is 0 Å². The fourth-order valence-electron chi connectivity index (χ4n) is 2.65. The largest absolute Gasteiger partial charge is 0.429 e. The van der Waals surface area contributed by atoms with E-state index in [-0.39, 0.29) is 18.1 Å². The summed E-state index contributed by atoms with van der Waals surface area (Å²) in [6.07, 6.45) is -3.94. The number of hydrogen-bond acceptors (Lipinski definition) is 1. The summed E-state index contributed by atoms with van der Waals surface area (Å²) in [5, 5.41) is 0. The lowest BCUT2D eigenvalue weighted by Crippen LogP contribution is -2.47. The Bertz CT molecular complexity index is 780. The highest BCUT2D eigenvalue weighted by atomic mass is 19.3. The van der Waals surface area contributed by atoms with Crippen molar-refractivity contribution in [2.75, 3.05) is 0 Å². The lowest BCUT2D eigenvalue weighted by molar-refractivity contribution is -0.269. The van der Waals surface area contributed by atoms with Gasteiger partial charge in [-0.25, -0.2) is 8.78 Å². The summed E-state index contributed by atoms with van der Waals surface area (Å²) in [5.41, 5.74) is -2.81. The number of alkyl halides is 6. The van der Waals surface area contributed by atoms with Gasteiger partial charge in [0, 0.05) is 5.57 Å². The van der Waals surface area contributed by atoms with E-state index in [0.717, 1.165) is 6.07 Å². The average Bonchev–Trinajstić information content (AvgIpc) is 2.57. The summed E-state index contributed by atoms with van der Waals surface area (Å²) in [6, 6.07) is 1.35. The highest BCUT2D eigenvalue weighted by molar-refractivity contribution is 5.36. The van der Waals surface area contributed by atoms with Gasteiger partial charge in [-0.3, -0.25) is 0 Å². The van der Waals surface area contributed by atoms with E-state index in [1.54, 1.807) is 6.92 Å². The fraction of sp³-hybridized carbons (Fsp3) is 0.444. The lowest BCUT2D eigenvalue weighted by Gasteiger charge is -2.34. The molecule has 1 aromatic carbocycles. The van der Waals surface area contributed by atoms with Crippen LogP contribution in [0.15, 0.2) is 35.6 Å². The third-order valence-corrected chi connectivity index (χ3v) is 4.16. The van der Waals surface area contributed by atoms with Crippen LogP contribution in [0, 0.1) is 11.6 Å². The van der Waals surface area contributed by atoms with Crippen molar-refractivity contribution in [2.45, 2.75) is 51.1 Å². The first kappa shape index (κ1) is 21.2. The van der Waals surface area contributed by atoms with E-state index < -0.39 is 52.9 Å². The minimum absolute atomic E-state index is 0.0650. The first-order valence-electron chi connectivity index (χ1n) is 8.11. The molecular formula is C18H16F8O. The predicted octanol–water partition coefficient (Wildman–Crippen LogP) is 6.49. The van der Waals surface area contributed by atoms with E-state index >= 15 is 0 Å². The van der Waals surface area contributed by atoms with Gasteiger partial charge in [0.25, 0.3) is 0 Å². The monoisotopic (exact) mass is 400 g/mol. The molecule has 1 nitrogen and oxygen atoms in total. The fourth-order valence-corrected chi connectivity index (χ4v) is 2.65. The van der Waals surface area contributed by atoms with Gasteiger partial charge >= 0.3 is 18.0 Å². The van der Waals surface area contributed by atoms with Crippen molar-refractivity contribution in [1.82, 2.24) is 0 Å². The third-order valence-electron chi connectivity index (χ3n) is 4.16. The van der Waals surface area contributed by atoms with Crippen molar-refractivity contribution in [1.29, 1.82) is 0 Å². The van der Waals surface area contributed by atoms with Gasteiger partial charge < -0.3 is 4.74 Å². The second-order valence-corrected chi connectivity index (χ2v) is 5.99. The molecular weight excluding hydrogens is 384 g/mol. The quantitative estimate of drug-likeness (QED) is 0.496. The Labute approximate surface area is 150 Å².